The Kier molecular flexibility index (Phi) is 3.75. The van der Waals surface area contributed by atoms with E-state index in [2.05, 4.69) is 11.8 Å². The second kappa shape index (κ2) is 5.29. The Morgan fingerprint density at radius 1 is 1.47 bits per heavy atom. The first-order chi connectivity index (χ1) is 8.24. The lowest BCUT2D eigenvalue weighted by molar-refractivity contribution is 0.255. The standard InChI is InChI=1S/C14H17FN2/c1-2-7-17(13-4-5-13)10-11-3-6-14(15)12(8-11)9-16/h3,6,8,13H,2,4-5,7,10H2,1H3. The molecule has 0 aliphatic heterocycles. The zero-order chi connectivity index (χ0) is 12.3. The van der Waals surface area contributed by atoms with Gasteiger partial charge in [-0.2, -0.15) is 5.26 Å². The minimum absolute atomic E-state index is 0.148. The smallest absolute Gasteiger partial charge is 0.140 e. The first kappa shape index (κ1) is 12.1. The van der Waals surface area contributed by atoms with E-state index >= 15 is 0 Å². The van der Waals surface area contributed by atoms with Crippen LogP contribution >= 0.6 is 0 Å². The molecule has 0 heterocycles. The van der Waals surface area contributed by atoms with E-state index in [4.69, 9.17) is 5.26 Å². The molecule has 1 saturated carbocycles. The largest absolute Gasteiger partial charge is 0.296 e. The molecule has 17 heavy (non-hydrogen) atoms. The number of nitriles is 1. The number of benzene rings is 1. The van der Waals surface area contributed by atoms with Gasteiger partial charge in [0.25, 0.3) is 0 Å². The molecule has 0 N–H and O–H groups in total. The number of rotatable bonds is 5. The second-order valence-electron chi connectivity index (χ2n) is 4.63. The van der Waals surface area contributed by atoms with E-state index < -0.39 is 5.82 Å². The highest BCUT2D eigenvalue weighted by Gasteiger charge is 2.28. The Morgan fingerprint density at radius 2 is 2.24 bits per heavy atom. The van der Waals surface area contributed by atoms with Crippen molar-refractivity contribution in [1.29, 1.82) is 5.26 Å². The summed E-state index contributed by atoms with van der Waals surface area (Å²) >= 11 is 0. The molecule has 0 atom stereocenters. The summed E-state index contributed by atoms with van der Waals surface area (Å²) in [7, 11) is 0. The zero-order valence-electron chi connectivity index (χ0n) is 10.1. The number of halogens is 1. The second-order valence-corrected chi connectivity index (χ2v) is 4.63. The molecule has 2 nitrogen and oxygen atoms in total. The summed E-state index contributed by atoms with van der Waals surface area (Å²) in [6.07, 6.45) is 3.67. The van der Waals surface area contributed by atoms with E-state index in [1.165, 1.54) is 18.9 Å². The van der Waals surface area contributed by atoms with E-state index in [1.54, 1.807) is 12.1 Å². The maximum absolute atomic E-state index is 13.2. The van der Waals surface area contributed by atoms with Gasteiger partial charge in [0.2, 0.25) is 0 Å². The van der Waals surface area contributed by atoms with Crippen LogP contribution in [0.4, 0.5) is 4.39 Å². The Hall–Kier alpha value is -1.40. The van der Waals surface area contributed by atoms with Crippen LogP contribution in [-0.2, 0) is 6.54 Å². The average Bonchev–Trinajstić information content (AvgIpc) is 3.15. The van der Waals surface area contributed by atoms with Crippen molar-refractivity contribution in [3.8, 4) is 6.07 Å². The Morgan fingerprint density at radius 3 is 2.82 bits per heavy atom. The van der Waals surface area contributed by atoms with Gasteiger partial charge in [0.15, 0.2) is 0 Å². The highest BCUT2D eigenvalue weighted by molar-refractivity contribution is 5.34. The van der Waals surface area contributed by atoms with Crippen LogP contribution in [0.25, 0.3) is 0 Å². The van der Waals surface area contributed by atoms with Crippen molar-refractivity contribution in [3.63, 3.8) is 0 Å². The summed E-state index contributed by atoms with van der Waals surface area (Å²) in [5.74, 6) is -0.426. The van der Waals surface area contributed by atoms with Gasteiger partial charge in [-0.25, -0.2) is 4.39 Å². The van der Waals surface area contributed by atoms with Crippen molar-refractivity contribution in [3.05, 3.63) is 35.1 Å². The maximum atomic E-state index is 13.2. The van der Waals surface area contributed by atoms with Crippen LogP contribution in [0.3, 0.4) is 0 Å². The molecule has 1 aliphatic carbocycles. The SMILES string of the molecule is CCCN(Cc1ccc(F)c(C#N)c1)C1CC1. The van der Waals surface area contributed by atoms with E-state index in [1.807, 2.05) is 6.07 Å². The fourth-order valence-corrected chi connectivity index (χ4v) is 2.11. The van der Waals surface area contributed by atoms with Gasteiger partial charge in [-0.05, 0) is 43.5 Å². The predicted molar refractivity (Wildman–Crippen MR) is 64.8 cm³/mol. The molecule has 0 saturated heterocycles. The minimum Gasteiger partial charge on any atom is -0.296 e. The summed E-state index contributed by atoms with van der Waals surface area (Å²) < 4.78 is 13.2. The number of hydrogen-bond acceptors (Lipinski definition) is 2. The molecule has 2 rings (SSSR count). The quantitative estimate of drug-likeness (QED) is 0.780. The average molecular weight is 232 g/mol. The minimum atomic E-state index is -0.426. The Labute approximate surface area is 102 Å². The van der Waals surface area contributed by atoms with Gasteiger partial charge in [0, 0.05) is 12.6 Å². The molecule has 90 valence electrons. The fraction of sp³-hybridized carbons (Fsp3) is 0.500. The van der Waals surface area contributed by atoms with E-state index in [0.29, 0.717) is 6.04 Å². The molecule has 1 fully saturated rings. The molecule has 0 amide bonds. The molecule has 1 aliphatic rings. The topological polar surface area (TPSA) is 27.0 Å². The Balaban J connectivity index is 2.09. The number of hydrogen-bond donors (Lipinski definition) is 0. The highest BCUT2D eigenvalue weighted by atomic mass is 19.1. The summed E-state index contributed by atoms with van der Waals surface area (Å²) in [6, 6.07) is 7.43. The van der Waals surface area contributed by atoms with Crippen molar-refractivity contribution in [2.45, 2.75) is 38.8 Å². The zero-order valence-corrected chi connectivity index (χ0v) is 10.1. The molecule has 0 aromatic heterocycles. The van der Waals surface area contributed by atoms with Crippen LogP contribution < -0.4 is 0 Å². The summed E-state index contributed by atoms with van der Waals surface area (Å²) in [5, 5.41) is 8.80. The molecular formula is C14H17FN2. The predicted octanol–water partition coefficient (Wildman–Crippen LogP) is 3.07. The molecule has 0 radical (unpaired) electrons. The molecule has 1 aromatic rings. The van der Waals surface area contributed by atoms with Crippen molar-refractivity contribution < 1.29 is 4.39 Å². The molecule has 1 aromatic carbocycles. The van der Waals surface area contributed by atoms with Gasteiger partial charge >= 0.3 is 0 Å². The van der Waals surface area contributed by atoms with Crippen molar-refractivity contribution >= 4 is 0 Å². The maximum Gasteiger partial charge on any atom is 0.140 e. The first-order valence-electron chi connectivity index (χ1n) is 6.17. The van der Waals surface area contributed by atoms with Gasteiger partial charge in [0.05, 0.1) is 5.56 Å². The van der Waals surface area contributed by atoms with Crippen molar-refractivity contribution in [2.75, 3.05) is 6.54 Å². The van der Waals surface area contributed by atoms with Crippen molar-refractivity contribution in [1.82, 2.24) is 4.90 Å². The fourth-order valence-electron chi connectivity index (χ4n) is 2.11. The van der Waals surface area contributed by atoms with Crippen LogP contribution in [0, 0.1) is 17.1 Å². The lowest BCUT2D eigenvalue weighted by Gasteiger charge is -2.21. The van der Waals surface area contributed by atoms with Crippen LogP contribution in [0.5, 0.6) is 0 Å². The highest BCUT2D eigenvalue weighted by Crippen LogP contribution is 2.28. The Bertz CT molecular complexity index is 432. The van der Waals surface area contributed by atoms with Crippen LogP contribution in [0.1, 0.15) is 37.3 Å². The summed E-state index contributed by atoms with van der Waals surface area (Å²) in [4.78, 5) is 2.42. The van der Waals surface area contributed by atoms with E-state index in [0.717, 1.165) is 25.1 Å². The third-order valence-electron chi connectivity index (χ3n) is 3.11. The third kappa shape index (κ3) is 3.04. The van der Waals surface area contributed by atoms with Gasteiger partial charge in [-0.1, -0.05) is 13.0 Å². The van der Waals surface area contributed by atoms with Gasteiger partial charge in [0.1, 0.15) is 11.9 Å². The van der Waals surface area contributed by atoms with Crippen LogP contribution in [0.2, 0.25) is 0 Å². The van der Waals surface area contributed by atoms with Crippen LogP contribution in [-0.4, -0.2) is 17.5 Å². The molecular weight excluding hydrogens is 215 g/mol. The molecule has 0 unspecified atom stereocenters. The lowest BCUT2D eigenvalue weighted by atomic mass is 10.1. The molecule has 3 heteroatoms. The monoisotopic (exact) mass is 232 g/mol. The number of nitrogens with zero attached hydrogens (tertiary/aromatic N) is 2. The van der Waals surface area contributed by atoms with Gasteiger partial charge < -0.3 is 0 Å². The normalized spacial score (nSPS) is 14.9. The van der Waals surface area contributed by atoms with Crippen molar-refractivity contribution in [2.24, 2.45) is 0 Å². The van der Waals surface area contributed by atoms with E-state index in [9.17, 15) is 4.39 Å². The summed E-state index contributed by atoms with van der Waals surface area (Å²) in [5.41, 5.74) is 1.18. The van der Waals surface area contributed by atoms with Gasteiger partial charge in [-0.15, -0.1) is 0 Å². The first-order valence-corrected chi connectivity index (χ1v) is 6.17. The third-order valence-corrected chi connectivity index (χ3v) is 3.11. The van der Waals surface area contributed by atoms with E-state index in [-0.39, 0.29) is 5.56 Å². The summed E-state index contributed by atoms with van der Waals surface area (Å²) in [6.45, 7) is 4.07. The molecule has 0 spiro atoms. The van der Waals surface area contributed by atoms with Gasteiger partial charge in [-0.3, -0.25) is 4.90 Å². The lowest BCUT2D eigenvalue weighted by Crippen LogP contribution is -2.26. The van der Waals surface area contributed by atoms with Crippen LogP contribution in [0.15, 0.2) is 18.2 Å². The molecule has 0 bridgehead atoms.